The van der Waals surface area contributed by atoms with Crippen LogP contribution < -0.4 is 0 Å². The van der Waals surface area contributed by atoms with Crippen molar-refractivity contribution < 1.29 is 19.7 Å². The van der Waals surface area contributed by atoms with Gasteiger partial charge in [0.05, 0.1) is 25.4 Å². The van der Waals surface area contributed by atoms with Crippen LogP contribution in [-0.4, -0.2) is 41.4 Å². The number of fused-ring (bicyclic) bond motifs is 2. The molecule has 0 radical (unpaired) electrons. The van der Waals surface area contributed by atoms with E-state index in [1.54, 1.807) is 0 Å². The van der Waals surface area contributed by atoms with E-state index < -0.39 is 0 Å². The van der Waals surface area contributed by atoms with Crippen LogP contribution in [-0.2, 0) is 9.47 Å². The summed E-state index contributed by atoms with van der Waals surface area (Å²) in [5, 5.41) is 20.7. The van der Waals surface area contributed by atoms with Crippen molar-refractivity contribution >= 4 is 0 Å². The van der Waals surface area contributed by atoms with E-state index >= 15 is 0 Å². The fraction of sp³-hybridized carbons (Fsp3) is 1.00. The van der Waals surface area contributed by atoms with Crippen molar-refractivity contribution in [1.29, 1.82) is 0 Å². The van der Waals surface area contributed by atoms with Crippen LogP contribution in [0.15, 0.2) is 0 Å². The molecule has 4 rings (SSSR count). The van der Waals surface area contributed by atoms with Crippen molar-refractivity contribution in [2.75, 3.05) is 13.2 Å². The van der Waals surface area contributed by atoms with Crippen LogP contribution in [0.1, 0.15) is 51.4 Å². The number of aliphatic hydroxyl groups excluding tert-OH is 2. The standard InChI is InChI=1S/C17H28O4/c18-15(11-3-1-2-4-11)6-5-12-13-10-17(20-7-8-21-17)14(13)9-16(12)19/h11-16,18-19H,1-10H2. The minimum absolute atomic E-state index is 0.160. The average Bonchev–Trinajstić information content (AvgIpc) is 3.18. The van der Waals surface area contributed by atoms with Crippen LogP contribution in [0, 0.1) is 23.7 Å². The zero-order valence-corrected chi connectivity index (χ0v) is 12.7. The van der Waals surface area contributed by atoms with Crippen LogP contribution >= 0.6 is 0 Å². The Morgan fingerprint density at radius 1 is 1.14 bits per heavy atom. The lowest BCUT2D eigenvalue weighted by molar-refractivity contribution is -0.272. The zero-order valence-electron chi connectivity index (χ0n) is 12.7. The van der Waals surface area contributed by atoms with E-state index in [4.69, 9.17) is 9.47 Å². The van der Waals surface area contributed by atoms with Gasteiger partial charge < -0.3 is 19.7 Å². The van der Waals surface area contributed by atoms with E-state index in [0.29, 0.717) is 36.9 Å². The van der Waals surface area contributed by atoms with Gasteiger partial charge in [-0.25, -0.2) is 0 Å². The summed E-state index contributed by atoms with van der Waals surface area (Å²) >= 11 is 0. The smallest absolute Gasteiger partial charge is 0.171 e. The Hall–Kier alpha value is -0.160. The predicted octanol–water partition coefficient (Wildman–Crippen LogP) is 2.08. The molecule has 4 fully saturated rings. The molecule has 0 aromatic rings. The van der Waals surface area contributed by atoms with Gasteiger partial charge in [-0.3, -0.25) is 0 Å². The third-order valence-electron chi connectivity index (χ3n) is 6.66. The minimum atomic E-state index is -0.357. The first-order valence-electron chi connectivity index (χ1n) is 8.84. The normalized spacial score (nSPS) is 43.1. The van der Waals surface area contributed by atoms with Crippen LogP contribution in [0.2, 0.25) is 0 Å². The molecule has 2 N–H and O–H groups in total. The molecule has 0 aromatic heterocycles. The van der Waals surface area contributed by atoms with Gasteiger partial charge in [0.15, 0.2) is 5.79 Å². The molecule has 4 nitrogen and oxygen atoms in total. The summed E-state index contributed by atoms with van der Waals surface area (Å²) in [6.45, 7) is 1.40. The van der Waals surface area contributed by atoms with E-state index in [1.165, 1.54) is 25.7 Å². The summed E-state index contributed by atoms with van der Waals surface area (Å²) in [6.07, 6.45) is 8.09. The van der Waals surface area contributed by atoms with Crippen molar-refractivity contribution in [2.45, 2.75) is 69.4 Å². The van der Waals surface area contributed by atoms with Crippen LogP contribution in [0.25, 0.3) is 0 Å². The van der Waals surface area contributed by atoms with Gasteiger partial charge in [0, 0.05) is 12.3 Å². The molecule has 5 atom stereocenters. The Kier molecular flexibility index (Phi) is 3.77. The first-order valence-corrected chi connectivity index (χ1v) is 8.84. The second-order valence-corrected chi connectivity index (χ2v) is 7.64. The predicted molar refractivity (Wildman–Crippen MR) is 77.5 cm³/mol. The van der Waals surface area contributed by atoms with Crippen molar-refractivity contribution in [3.05, 3.63) is 0 Å². The highest BCUT2D eigenvalue weighted by molar-refractivity contribution is 5.08. The first-order chi connectivity index (χ1) is 10.2. The Labute approximate surface area is 126 Å². The van der Waals surface area contributed by atoms with Crippen molar-refractivity contribution in [3.63, 3.8) is 0 Å². The molecule has 3 aliphatic carbocycles. The molecule has 21 heavy (non-hydrogen) atoms. The summed E-state index contributed by atoms with van der Waals surface area (Å²) < 4.78 is 11.6. The van der Waals surface area contributed by atoms with E-state index in [9.17, 15) is 10.2 Å². The van der Waals surface area contributed by atoms with Crippen molar-refractivity contribution in [2.24, 2.45) is 23.7 Å². The fourth-order valence-corrected chi connectivity index (χ4v) is 5.46. The first kappa shape index (κ1) is 14.4. The molecule has 5 unspecified atom stereocenters. The summed E-state index contributed by atoms with van der Waals surface area (Å²) in [5.41, 5.74) is 0. The van der Waals surface area contributed by atoms with E-state index in [0.717, 1.165) is 25.7 Å². The molecule has 1 saturated heterocycles. The third kappa shape index (κ3) is 2.35. The quantitative estimate of drug-likeness (QED) is 0.834. The maximum atomic E-state index is 10.4. The lowest BCUT2D eigenvalue weighted by Gasteiger charge is -2.49. The molecule has 0 amide bonds. The molecule has 0 bridgehead atoms. The van der Waals surface area contributed by atoms with Gasteiger partial charge in [0.2, 0.25) is 0 Å². The van der Waals surface area contributed by atoms with Gasteiger partial charge in [-0.05, 0) is 49.9 Å². The largest absolute Gasteiger partial charge is 0.393 e. The summed E-state index contributed by atoms with van der Waals surface area (Å²) in [4.78, 5) is 0. The third-order valence-corrected chi connectivity index (χ3v) is 6.66. The molecule has 1 heterocycles. The van der Waals surface area contributed by atoms with Crippen LogP contribution in [0.5, 0.6) is 0 Å². The van der Waals surface area contributed by atoms with Gasteiger partial charge in [-0.2, -0.15) is 0 Å². The summed E-state index contributed by atoms with van der Waals surface area (Å²) in [6, 6.07) is 0. The summed E-state index contributed by atoms with van der Waals surface area (Å²) in [7, 11) is 0. The number of aliphatic hydroxyl groups is 2. The second kappa shape index (κ2) is 5.48. The molecule has 1 spiro atoms. The SMILES string of the molecule is OC(CCC1C(O)CC2C1CC21OCCO1)C1CCCC1. The summed E-state index contributed by atoms with van der Waals surface area (Å²) in [5.74, 6) is 1.40. The van der Waals surface area contributed by atoms with Crippen molar-refractivity contribution in [1.82, 2.24) is 0 Å². The van der Waals surface area contributed by atoms with Crippen LogP contribution in [0.4, 0.5) is 0 Å². The van der Waals surface area contributed by atoms with E-state index in [-0.39, 0.29) is 18.0 Å². The Morgan fingerprint density at radius 3 is 2.57 bits per heavy atom. The number of hydrogen-bond acceptors (Lipinski definition) is 4. The molecule has 4 aliphatic rings. The number of hydrogen-bond donors (Lipinski definition) is 2. The molecular weight excluding hydrogens is 268 g/mol. The van der Waals surface area contributed by atoms with Gasteiger partial charge >= 0.3 is 0 Å². The minimum Gasteiger partial charge on any atom is -0.393 e. The molecule has 120 valence electrons. The molecule has 4 heteroatoms. The highest BCUT2D eigenvalue weighted by atomic mass is 16.7. The Balaban J connectivity index is 1.32. The maximum absolute atomic E-state index is 10.4. The number of ether oxygens (including phenoxy) is 2. The van der Waals surface area contributed by atoms with Gasteiger partial charge in [0.1, 0.15) is 0 Å². The van der Waals surface area contributed by atoms with Crippen LogP contribution in [0.3, 0.4) is 0 Å². The average molecular weight is 296 g/mol. The highest BCUT2D eigenvalue weighted by Crippen LogP contribution is 2.60. The lowest BCUT2D eigenvalue weighted by atomic mass is 9.66. The fourth-order valence-electron chi connectivity index (χ4n) is 5.46. The Bertz CT molecular complexity index is 373. The maximum Gasteiger partial charge on any atom is 0.171 e. The lowest BCUT2D eigenvalue weighted by Crippen LogP contribution is -2.54. The zero-order chi connectivity index (χ0) is 14.4. The van der Waals surface area contributed by atoms with Gasteiger partial charge in [-0.1, -0.05) is 12.8 Å². The molecular formula is C17H28O4. The highest BCUT2D eigenvalue weighted by Gasteiger charge is 2.64. The second-order valence-electron chi connectivity index (χ2n) is 7.64. The number of rotatable bonds is 4. The van der Waals surface area contributed by atoms with Crippen molar-refractivity contribution in [3.8, 4) is 0 Å². The molecule has 3 saturated carbocycles. The monoisotopic (exact) mass is 296 g/mol. The molecule has 0 aromatic carbocycles. The van der Waals surface area contributed by atoms with E-state index in [1.807, 2.05) is 0 Å². The topological polar surface area (TPSA) is 58.9 Å². The Morgan fingerprint density at radius 2 is 1.86 bits per heavy atom. The van der Waals surface area contributed by atoms with Gasteiger partial charge in [-0.15, -0.1) is 0 Å². The molecule has 1 aliphatic heterocycles. The van der Waals surface area contributed by atoms with E-state index in [2.05, 4.69) is 0 Å². The van der Waals surface area contributed by atoms with Gasteiger partial charge in [0.25, 0.3) is 0 Å².